The second-order valence-electron chi connectivity index (χ2n) is 5.30. The molecule has 0 aliphatic carbocycles. The Bertz CT molecular complexity index is 828. The van der Waals surface area contributed by atoms with E-state index in [0.717, 1.165) is 11.3 Å². The number of benzene rings is 2. The third-order valence-electron chi connectivity index (χ3n) is 3.87. The number of hydrogen-bond acceptors (Lipinski definition) is 2. The van der Waals surface area contributed by atoms with Crippen molar-refractivity contribution in [2.24, 2.45) is 0 Å². The minimum Gasteiger partial charge on any atom is -1.00 e. The minimum atomic E-state index is 0. The van der Waals surface area contributed by atoms with Crippen LogP contribution in [0.4, 0.5) is 0 Å². The molecular weight excluding hydrogens is 354 g/mol. The van der Waals surface area contributed by atoms with E-state index in [0.29, 0.717) is 12.1 Å². The third-order valence-corrected chi connectivity index (χ3v) is 3.87. The SMILES string of the molecule is COc1ccc(C(=O)C[n+]2ccc(C)c3ccccc32)cc1.[Br-]. The fourth-order valence-corrected chi connectivity index (χ4v) is 2.59. The van der Waals surface area contributed by atoms with Crippen LogP contribution in [-0.4, -0.2) is 12.9 Å². The number of ether oxygens (including phenoxy) is 1. The zero-order chi connectivity index (χ0) is 15.5. The van der Waals surface area contributed by atoms with Crippen LogP contribution in [0.25, 0.3) is 10.9 Å². The van der Waals surface area contributed by atoms with E-state index in [2.05, 4.69) is 13.0 Å². The minimum absolute atomic E-state index is 0. The molecule has 0 aliphatic rings. The molecule has 0 bridgehead atoms. The number of para-hydroxylation sites is 1. The number of fused-ring (bicyclic) bond motifs is 1. The molecule has 0 saturated carbocycles. The van der Waals surface area contributed by atoms with E-state index in [4.69, 9.17) is 4.74 Å². The van der Waals surface area contributed by atoms with Crippen molar-refractivity contribution in [1.82, 2.24) is 0 Å². The van der Waals surface area contributed by atoms with E-state index < -0.39 is 0 Å². The molecule has 0 fully saturated rings. The van der Waals surface area contributed by atoms with Gasteiger partial charge in [-0.1, -0.05) is 12.1 Å². The first-order chi connectivity index (χ1) is 10.7. The van der Waals surface area contributed by atoms with E-state index in [1.165, 1.54) is 10.9 Å². The van der Waals surface area contributed by atoms with Crippen LogP contribution in [0, 0.1) is 6.92 Å². The zero-order valence-electron chi connectivity index (χ0n) is 13.1. The molecule has 0 unspecified atom stereocenters. The summed E-state index contributed by atoms with van der Waals surface area (Å²) in [5.74, 6) is 0.839. The van der Waals surface area contributed by atoms with Crippen LogP contribution in [0.1, 0.15) is 15.9 Å². The van der Waals surface area contributed by atoms with Gasteiger partial charge >= 0.3 is 0 Å². The van der Waals surface area contributed by atoms with Crippen molar-refractivity contribution < 1.29 is 31.1 Å². The Labute approximate surface area is 146 Å². The fraction of sp³-hybridized carbons (Fsp3) is 0.158. The number of methoxy groups -OCH3 is 1. The lowest BCUT2D eigenvalue weighted by Gasteiger charge is -2.04. The molecule has 3 aromatic rings. The number of aromatic nitrogens is 1. The Morgan fingerprint density at radius 2 is 1.74 bits per heavy atom. The highest BCUT2D eigenvalue weighted by Gasteiger charge is 2.16. The number of hydrogen-bond donors (Lipinski definition) is 0. The van der Waals surface area contributed by atoms with E-state index >= 15 is 0 Å². The predicted octanol–water partition coefficient (Wildman–Crippen LogP) is 0.331. The first kappa shape index (κ1) is 17.2. The number of nitrogens with zero attached hydrogens (tertiary/aromatic N) is 1. The van der Waals surface area contributed by atoms with Crippen LogP contribution >= 0.6 is 0 Å². The maximum Gasteiger partial charge on any atom is 0.227 e. The van der Waals surface area contributed by atoms with E-state index in [1.807, 2.05) is 47.2 Å². The number of carbonyl (C=O) groups excluding carboxylic acids is 1. The average molecular weight is 372 g/mol. The summed E-state index contributed by atoms with van der Waals surface area (Å²) in [6.45, 7) is 2.41. The second kappa shape index (κ2) is 7.38. The fourth-order valence-electron chi connectivity index (χ4n) is 2.59. The maximum absolute atomic E-state index is 12.5. The van der Waals surface area contributed by atoms with Crippen molar-refractivity contribution >= 4 is 16.7 Å². The summed E-state index contributed by atoms with van der Waals surface area (Å²) in [6, 6.07) is 17.4. The normalized spacial score (nSPS) is 10.2. The highest BCUT2D eigenvalue weighted by molar-refractivity contribution is 5.95. The highest BCUT2D eigenvalue weighted by Crippen LogP contribution is 2.15. The number of pyridine rings is 1. The molecule has 0 saturated heterocycles. The molecule has 3 nitrogen and oxygen atoms in total. The smallest absolute Gasteiger partial charge is 0.227 e. The third kappa shape index (κ3) is 3.59. The van der Waals surface area contributed by atoms with E-state index in [9.17, 15) is 4.79 Å². The molecule has 0 aliphatic heterocycles. The Morgan fingerprint density at radius 3 is 2.43 bits per heavy atom. The molecule has 118 valence electrons. The van der Waals surface area contributed by atoms with Gasteiger partial charge in [-0.2, -0.15) is 4.57 Å². The van der Waals surface area contributed by atoms with Gasteiger partial charge in [0.25, 0.3) is 0 Å². The van der Waals surface area contributed by atoms with Crippen LogP contribution in [-0.2, 0) is 6.54 Å². The molecule has 4 heteroatoms. The summed E-state index contributed by atoms with van der Waals surface area (Å²) in [5, 5.41) is 1.17. The lowest BCUT2D eigenvalue weighted by atomic mass is 10.1. The summed E-state index contributed by atoms with van der Waals surface area (Å²) >= 11 is 0. The van der Waals surface area contributed by atoms with Crippen molar-refractivity contribution in [2.45, 2.75) is 13.5 Å². The number of ketones is 1. The van der Waals surface area contributed by atoms with Gasteiger partial charge < -0.3 is 21.7 Å². The molecule has 2 aromatic carbocycles. The van der Waals surface area contributed by atoms with Crippen LogP contribution in [0.15, 0.2) is 60.8 Å². The molecular formula is C19H18BrNO2. The van der Waals surface area contributed by atoms with Gasteiger partial charge in [-0.15, -0.1) is 0 Å². The Hall–Kier alpha value is -2.20. The monoisotopic (exact) mass is 371 g/mol. The standard InChI is InChI=1S/C19H18NO2.BrH/c1-14-11-12-20(18-6-4-3-5-17(14)18)13-19(21)15-7-9-16(22-2)10-8-15;/h3-12H,13H2,1-2H3;1H/q+1;/p-1. The molecule has 3 rings (SSSR count). The molecule has 0 N–H and O–H groups in total. The molecule has 0 radical (unpaired) electrons. The van der Waals surface area contributed by atoms with Gasteiger partial charge in [0.2, 0.25) is 17.8 Å². The van der Waals surface area contributed by atoms with Crippen LogP contribution in [0.5, 0.6) is 5.75 Å². The summed E-state index contributed by atoms with van der Waals surface area (Å²) in [7, 11) is 1.62. The highest BCUT2D eigenvalue weighted by atomic mass is 79.9. The Kier molecular flexibility index (Phi) is 5.50. The molecule has 0 spiro atoms. The first-order valence-electron chi connectivity index (χ1n) is 7.24. The number of rotatable bonds is 4. The van der Waals surface area contributed by atoms with Crippen LogP contribution < -0.4 is 26.3 Å². The number of aryl methyl sites for hydroxylation is 1. The van der Waals surface area contributed by atoms with Crippen LogP contribution in [0.3, 0.4) is 0 Å². The maximum atomic E-state index is 12.5. The zero-order valence-corrected chi connectivity index (χ0v) is 14.7. The van der Waals surface area contributed by atoms with Gasteiger partial charge in [-0.3, -0.25) is 4.79 Å². The van der Waals surface area contributed by atoms with Crippen molar-refractivity contribution in [3.63, 3.8) is 0 Å². The van der Waals surface area contributed by atoms with Crippen LogP contribution in [0.2, 0.25) is 0 Å². The lowest BCUT2D eigenvalue weighted by Crippen LogP contribution is -3.00. The van der Waals surface area contributed by atoms with E-state index in [1.54, 1.807) is 19.2 Å². The Balaban J connectivity index is 0.00000192. The number of carbonyl (C=O) groups is 1. The summed E-state index contributed by atoms with van der Waals surface area (Å²) in [4.78, 5) is 12.5. The molecule has 0 atom stereocenters. The average Bonchev–Trinajstić information content (AvgIpc) is 2.57. The summed E-state index contributed by atoms with van der Waals surface area (Å²) < 4.78 is 7.12. The molecule has 1 heterocycles. The topological polar surface area (TPSA) is 30.2 Å². The van der Waals surface area contributed by atoms with Crippen molar-refractivity contribution in [3.8, 4) is 5.75 Å². The van der Waals surface area contributed by atoms with Gasteiger partial charge in [0.1, 0.15) is 5.75 Å². The quantitative estimate of drug-likeness (QED) is 0.488. The predicted molar refractivity (Wildman–Crippen MR) is 86.2 cm³/mol. The van der Waals surface area contributed by atoms with Gasteiger partial charge in [-0.05, 0) is 42.8 Å². The summed E-state index contributed by atoms with van der Waals surface area (Å²) in [6.07, 6.45) is 1.97. The Morgan fingerprint density at radius 1 is 1.04 bits per heavy atom. The molecule has 23 heavy (non-hydrogen) atoms. The van der Waals surface area contributed by atoms with Gasteiger partial charge in [0, 0.05) is 23.1 Å². The first-order valence-corrected chi connectivity index (χ1v) is 7.24. The van der Waals surface area contributed by atoms with E-state index in [-0.39, 0.29) is 22.8 Å². The van der Waals surface area contributed by atoms with Crippen molar-refractivity contribution in [2.75, 3.05) is 7.11 Å². The molecule has 1 aromatic heterocycles. The largest absolute Gasteiger partial charge is 1.00 e. The van der Waals surface area contributed by atoms with Gasteiger partial charge in [-0.25, -0.2) is 0 Å². The second-order valence-corrected chi connectivity index (χ2v) is 5.30. The number of halogens is 1. The van der Waals surface area contributed by atoms with Gasteiger partial charge in [0.15, 0.2) is 6.20 Å². The van der Waals surface area contributed by atoms with Gasteiger partial charge in [0.05, 0.1) is 7.11 Å². The van der Waals surface area contributed by atoms with Crippen molar-refractivity contribution in [1.29, 1.82) is 0 Å². The molecule has 0 amide bonds. The summed E-state index contributed by atoms with van der Waals surface area (Å²) in [5.41, 5.74) is 2.98. The lowest BCUT2D eigenvalue weighted by molar-refractivity contribution is -0.657. The number of Topliss-reactive ketones (excluding diaryl/α,β-unsaturated/α-hetero) is 1. The van der Waals surface area contributed by atoms with Crippen molar-refractivity contribution in [3.05, 3.63) is 71.9 Å².